The standard InChI is InChI=1S/C8H20N2O2/c1-8(11)7-10(4-3-9)5-6-12-2/h8,11H,3-7,9H2,1-2H3. The van der Waals surface area contributed by atoms with Crippen molar-refractivity contribution in [1.29, 1.82) is 0 Å². The van der Waals surface area contributed by atoms with Crippen molar-refractivity contribution in [1.82, 2.24) is 4.90 Å². The van der Waals surface area contributed by atoms with Crippen LogP contribution in [0.25, 0.3) is 0 Å². The summed E-state index contributed by atoms with van der Waals surface area (Å²) in [6.45, 7) is 5.40. The molecule has 0 aliphatic heterocycles. The molecule has 3 N–H and O–H groups in total. The van der Waals surface area contributed by atoms with Crippen LogP contribution in [0.2, 0.25) is 0 Å². The van der Waals surface area contributed by atoms with Gasteiger partial charge in [-0.15, -0.1) is 0 Å². The first-order valence-electron chi connectivity index (χ1n) is 4.30. The van der Waals surface area contributed by atoms with E-state index in [0.29, 0.717) is 19.7 Å². The molecule has 0 spiro atoms. The van der Waals surface area contributed by atoms with Gasteiger partial charge in [0.2, 0.25) is 0 Å². The van der Waals surface area contributed by atoms with Crippen LogP contribution in [0, 0.1) is 0 Å². The van der Waals surface area contributed by atoms with Crippen molar-refractivity contribution in [3.05, 3.63) is 0 Å². The van der Waals surface area contributed by atoms with Gasteiger partial charge in [0.25, 0.3) is 0 Å². The van der Waals surface area contributed by atoms with E-state index in [-0.39, 0.29) is 6.10 Å². The molecule has 0 aliphatic carbocycles. The molecule has 4 nitrogen and oxygen atoms in total. The highest BCUT2D eigenvalue weighted by molar-refractivity contribution is 4.61. The van der Waals surface area contributed by atoms with E-state index in [2.05, 4.69) is 4.90 Å². The minimum absolute atomic E-state index is 0.298. The monoisotopic (exact) mass is 176 g/mol. The Morgan fingerprint density at radius 1 is 1.50 bits per heavy atom. The molecular weight excluding hydrogens is 156 g/mol. The van der Waals surface area contributed by atoms with E-state index in [1.165, 1.54) is 0 Å². The maximum absolute atomic E-state index is 9.13. The molecule has 12 heavy (non-hydrogen) atoms. The molecule has 0 aromatic carbocycles. The van der Waals surface area contributed by atoms with Crippen LogP contribution in [-0.2, 0) is 4.74 Å². The van der Waals surface area contributed by atoms with E-state index in [1.807, 2.05) is 0 Å². The van der Waals surface area contributed by atoms with Gasteiger partial charge in [0, 0.05) is 33.3 Å². The first kappa shape index (κ1) is 11.8. The Morgan fingerprint density at radius 3 is 2.58 bits per heavy atom. The van der Waals surface area contributed by atoms with E-state index < -0.39 is 0 Å². The van der Waals surface area contributed by atoms with Gasteiger partial charge in [-0.1, -0.05) is 0 Å². The smallest absolute Gasteiger partial charge is 0.0639 e. The van der Waals surface area contributed by atoms with E-state index in [4.69, 9.17) is 15.6 Å². The first-order chi connectivity index (χ1) is 5.70. The van der Waals surface area contributed by atoms with Gasteiger partial charge >= 0.3 is 0 Å². The molecular formula is C8H20N2O2. The molecule has 0 radical (unpaired) electrons. The lowest BCUT2D eigenvalue weighted by molar-refractivity contribution is 0.0999. The van der Waals surface area contributed by atoms with Crippen LogP contribution >= 0.6 is 0 Å². The van der Waals surface area contributed by atoms with Crippen molar-refractivity contribution in [2.45, 2.75) is 13.0 Å². The minimum Gasteiger partial charge on any atom is -0.392 e. The zero-order chi connectivity index (χ0) is 9.40. The lowest BCUT2D eigenvalue weighted by Gasteiger charge is -2.22. The van der Waals surface area contributed by atoms with E-state index in [0.717, 1.165) is 13.1 Å². The van der Waals surface area contributed by atoms with Crippen molar-refractivity contribution in [3.8, 4) is 0 Å². The maximum atomic E-state index is 9.13. The third kappa shape index (κ3) is 6.54. The molecule has 1 atom stereocenters. The molecule has 0 heterocycles. The zero-order valence-corrected chi connectivity index (χ0v) is 7.99. The SMILES string of the molecule is COCCN(CCN)CC(C)O. The third-order valence-corrected chi connectivity index (χ3v) is 1.58. The molecule has 1 unspecified atom stereocenters. The first-order valence-corrected chi connectivity index (χ1v) is 4.30. The lowest BCUT2D eigenvalue weighted by atomic mass is 10.3. The highest BCUT2D eigenvalue weighted by atomic mass is 16.5. The number of aliphatic hydroxyl groups is 1. The van der Waals surface area contributed by atoms with Gasteiger partial charge < -0.3 is 15.6 Å². The van der Waals surface area contributed by atoms with E-state index in [9.17, 15) is 0 Å². The summed E-state index contributed by atoms with van der Waals surface area (Å²) < 4.78 is 4.94. The second-order valence-electron chi connectivity index (χ2n) is 2.93. The summed E-state index contributed by atoms with van der Waals surface area (Å²) in [5.41, 5.74) is 5.41. The number of ether oxygens (including phenoxy) is 1. The highest BCUT2D eigenvalue weighted by Crippen LogP contribution is 1.90. The number of methoxy groups -OCH3 is 1. The summed E-state index contributed by atoms with van der Waals surface area (Å²) in [5, 5.41) is 9.13. The van der Waals surface area contributed by atoms with Gasteiger partial charge in [0.05, 0.1) is 12.7 Å². The Balaban J connectivity index is 3.54. The summed E-state index contributed by atoms with van der Waals surface area (Å²) in [5.74, 6) is 0. The van der Waals surface area contributed by atoms with Crippen LogP contribution in [-0.4, -0.2) is 56.0 Å². The molecule has 4 heteroatoms. The van der Waals surface area contributed by atoms with Gasteiger partial charge in [0.1, 0.15) is 0 Å². The lowest BCUT2D eigenvalue weighted by Crippen LogP contribution is -2.37. The quantitative estimate of drug-likeness (QED) is 0.537. The number of rotatable bonds is 7. The molecule has 0 fully saturated rings. The maximum Gasteiger partial charge on any atom is 0.0639 e. The Hall–Kier alpha value is -0.160. The Bertz CT molecular complexity index is 99.1. The molecule has 0 aromatic rings. The zero-order valence-electron chi connectivity index (χ0n) is 7.99. The average Bonchev–Trinajstić information content (AvgIpc) is 2.00. The molecule has 0 rings (SSSR count). The van der Waals surface area contributed by atoms with Crippen LogP contribution in [0.15, 0.2) is 0 Å². The number of aliphatic hydroxyl groups excluding tert-OH is 1. The molecule has 0 bridgehead atoms. The van der Waals surface area contributed by atoms with Gasteiger partial charge in [-0.3, -0.25) is 4.90 Å². The fraction of sp³-hybridized carbons (Fsp3) is 1.00. The molecule has 74 valence electrons. The van der Waals surface area contributed by atoms with Crippen molar-refractivity contribution in [3.63, 3.8) is 0 Å². The second-order valence-corrected chi connectivity index (χ2v) is 2.93. The van der Waals surface area contributed by atoms with Crippen molar-refractivity contribution >= 4 is 0 Å². The summed E-state index contributed by atoms with van der Waals surface area (Å²) in [6, 6.07) is 0. The topological polar surface area (TPSA) is 58.7 Å². The summed E-state index contributed by atoms with van der Waals surface area (Å²) >= 11 is 0. The van der Waals surface area contributed by atoms with E-state index in [1.54, 1.807) is 14.0 Å². The van der Waals surface area contributed by atoms with Crippen LogP contribution < -0.4 is 5.73 Å². The summed E-state index contributed by atoms with van der Waals surface area (Å²) in [6.07, 6.45) is -0.298. The van der Waals surface area contributed by atoms with E-state index >= 15 is 0 Å². The number of nitrogens with two attached hydrogens (primary N) is 1. The Morgan fingerprint density at radius 2 is 2.17 bits per heavy atom. The predicted molar refractivity (Wildman–Crippen MR) is 49.1 cm³/mol. The molecule has 0 saturated carbocycles. The van der Waals surface area contributed by atoms with Gasteiger partial charge in [-0.2, -0.15) is 0 Å². The number of hydrogen-bond donors (Lipinski definition) is 2. The molecule has 0 aliphatic rings. The van der Waals surface area contributed by atoms with Crippen LogP contribution in [0.4, 0.5) is 0 Å². The van der Waals surface area contributed by atoms with Gasteiger partial charge in [-0.25, -0.2) is 0 Å². The van der Waals surface area contributed by atoms with Crippen LogP contribution in [0.3, 0.4) is 0 Å². The van der Waals surface area contributed by atoms with Gasteiger partial charge in [0.15, 0.2) is 0 Å². The average molecular weight is 176 g/mol. The fourth-order valence-corrected chi connectivity index (χ4v) is 1.07. The normalized spacial score (nSPS) is 13.8. The Kier molecular flexibility index (Phi) is 7.39. The van der Waals surface area contributed by atoms with Crippen LogP contribution in [0.5, 0.6) is 0 Å². The largest absolute Gasteiger partial charge is 0.392 e. The number of nitrogens with zero attached hydrogens (tertiary/aromatic N) is 1. The van der Waals surface area contributed by atoms with Crippen LogP contribution in [0.1, 0.15) is 6.92 Å². The summed E-state index contributed by atoms with van der Waals surface area (Å²) in [7, 11) is 1.67. The number of hydrogen-bond acceptors (Lipinski definition) is 4. The molecule has 0 saturated heterocycles. The van der Waals surface area contributed by atoms with Gasteiger partial charge in [-0.05, 0) is 6.92 Å². The van der Waals surface area contributed by atoms with Crippen molar-refractivity contribution in [2.75, 3.05) is 39.9 Å². The minimum atomic E-state index is -0.298. The van der Waals surface area contributed by atoms with Crippen molar-refractivity contribution in [2.24, 2.45) is 5.73 Å². The Labute approximate surface area is 74.3 Å². The molecule has 0 amide bonds. The third-order valence-electron chi connectivity index (χ3n) is 1.58. The van der Waals surface area contributed by atoms with Crippen molar-refractivity contribution < 1.29 is 9.84 Å². The summed E-state index contributed by atoms with van der Waals surface area (Å²) in [4.78, 5) is 2.09. The second kappa shape index (κ2) is 7.49. The fourth-order valence-electron chi connectivity index (χ4n) is 1.07. The highest BCUT2D eigenvalue weighted by Gasteiger charge is 2.05. The predicted octanol–water partition coefficient (Wildman–Crippen LogP) is -0.726. The molecule has 0 aromatic heterocycles.